The second-order valence-corrected chi connectivity index (χ2v) is 20.7. The Morgan fingerprint density at radius 3 is 1.36 bits per heavy atom. The molecular weight excluding hydrogens is 1230 g/mol. The van der Waals surface area contributed by atoms with E-state index in [2.05, 4.69) is 57.5 Å². The van der Waals surface area contributed by atoms with E-state index in [0.717, 1.165) is 5.75 Å². The van der Waals surface area contributed by atoms with Crippen LogP contribution >= 0.6 is 0 Å². The number of nitrogens with two attached hydrogens (primary N) is 1. The van der Waals surface area contributed by atoms with Crippen LogP contribution in [0, 0.1) is 0 Å². The largest absolute Gasteiger partial charge is 0.491 e. The molecule has 0 aliphatic carbocycles. The fourth-order valence-electron chi connectivity index (χ4n) is 8.42. The lowest BCUT2D eigenvalue weighted by Crippen LogP contribution is -2.33. The molecule has 0 unspecified atom stereocenters. The molecule has 0 radical (unpaired) electrons. The molecule has 0 saturated heterocycles. The summed E-state index contributed by atoms with van der Waals surface area (Å²) in [5, 5.41) is 21.3. The molecule has 34 heteroatoms. The van der Waals surface area contributed by atoms with Crippen LogP contribution in [0.2, 0.25) is 0 Å². The highest BCUT2D eigenvalue weighted by Crippen LogP contribution is 2.20. The number of rotatable bonds is 46. The zero-order chi connectivity index (χ0) is 67.5. The Labute approximate surface area is 542 Å². The Kier molecular flexibility index (Phi) is 31.6. The number of anilines is 6. The summed E-state index contributed by atoms with van der Waals surface area (Å²) >= 11 is 0. The fourth-order valence-corrected chi connectivity index (χ4v) is 8.42. The van der Waals surface area contributed by atoms with Gasteiger partial charge in [-0.25, -0.2) is 15.0 Å². The number of hydrogen-bond acceptors (Lipinski definition) is 21. The number of nitrogen functional groups attached to an aromatic ring is 1. The molecule has 0 saturated carbocycles. The van der Waals surface area contributed by atoms with Gasteiger partial charge in [-0.3, -0.25) is 38.4 Å². The van der Waals surface area contributed by atoms with Gasteiger partial charge in [-0.2, -0.15) is 0 Å². The Balaban J connectivity index is 0.713. The van der Waals surface area contributed by atoms with E-state index in [9.17, 15) is 38.4 Å². The standard InChI is InChI=1S/C60H85N17O17/c1-73-18-16-63-54(73)59(84)67-44-37-49(75(3)39-44)72-52(80)11-10-51(79)68-47-41-77(5)56(71-47)60(85)66-43-36-46(74(2)38-43)57(82)64-15-13-53(81)69-48-40-76(4)55(70-48)58(83)65-14-12-50(78)62-17-19-86-20-21-87-22-23-88-24-25-89-26-27-90-28-29-91-30-31-92-32-33-93-34-35-94-45-8-6-42(61)7-9-45/h6-9,16,18,36-41H,10-15,17,19-35,61H2,1-5H3,(H,62,78)(H,64,82)(H,65,83)(H,66,85)(H,67,84)(H,68,79)(H,69,81)(H,72,80). The molecule has 0 fully saturated rings. The number of aromatic nitrogens is 8. The van der Waals surface area contributed by atoms with Crippen LogP contribution in [-0.4, -0.2) is 217 Å². The van der Waals surface area contributed by atoms with Crippen LogP contribution in [0.4, 0.5) is 34.5 Å². The molecule has 512 valence electrons. The average Bonchev–Trinajstić information content (AvgIpc) is 1.75. The van der Waals surface area contributed by atoms with E-state index < -0.39 is 41.4 Å². The average molecular weight is 1320 g/mol. The lowest BCUT2D eigenvalue weighted by atomic mass is 10.3. The number of aryl methyl sites for hydroxylation is 5. The van der Waals surface area contributed by atoms with Gasteiger partial charge in [0.2, 0.25) is 35.3 Å². The summed E-state index contributed by atoms with van der Waals surface area (Å²) in [6.45, 7) is 7.35. The smallest absolute Gasteiger partial charge is 0.291 e. The fraction of sp³-hybridized carbons (Fsp3) is 0.483. The van der Waals surface area contributed by atoms with E-state index >= 15 is 0 Å². The van der Waals surface area contributed by atoms with Gasteiger partial charge >= 0.3 is 0 Å². The highest BCUT2D eigenvalue weighted by atomic mass is 16.6. The van der Waals surface area contributed by atoms with Crippen molar-refractivity contribution in [3.63, 3.8) is 0 Å². The molecule has 1 aromatic carbocycles. The zero-order valence-electron chi connectivity index (χ0n) is 53.5. The molecule has 0 bridgehead atoms. The first kappa shape index (κ1) is 73.5. The third-order valence-electron chi connectivity index (χ3n) is 13.1. The summed E-state index contributed by atoms with van der Waals surface area (Å²) in [7, 11) is 8.09. The maximum absolute atomic E-state index is 13.3. The monoisotopic (exact) mass is 1320 g/mol. The first-order valence-corrected chi connectivity index (χ1v) is 30.2. The zero-order valence-corrected chi connectivity index (χ0v) is 53.5. The minimum atomic E-state index is -0.644. The highest BCUT2D eigenvalue weighted by Gasteiger charge is 2.21. The quantitative estimate of drug-likeness (QED) is 0.0192. The van der Waals surface area contributed by atoms with Crippen LogP contribution in [0.25, 0.3) is 0 Å². The van der Waals surface area contributed by atoms with Gasteiger partial charge < -0.3 is 114 Å². The predicted octanol–water partition coefficient (Wildman–Crippen LogP) is 1.21. The molecule has 6 rings (SSSR count). The second kappa shape index (κ2) is 40.4. The molecule has 0 atom stereocenters. The molecule has 6 aromatic rings. The van der Waals surface area contributed by atoms with Crippen molar-refractivity contribution in [2.75, 3.05) is 164 Å². The third kappa shape index (κ3) is 27.0. The number of nitrogens with one attached hydrogen (secondary N) is 8. The number of hydrogen-bond donors (Lipinski definition) is 9. The number of benzene rings is 1. The van der Waals surface area contributed by atoms with Gasteiger partial charge in [0.25, 0.3) is 23.6 Å². The summed E-state index contributed by atoms with van der Waals surface area (Å²) in [5.41, 5.74) is 7.21. The Morgan fingerprint density at radius 2 is 0.840 bits per heavy atom. The van der Waals surface area contributed by atoms with Gasteiger partial charge in [0.05, 0.1) is 117 Å². The predicted molar refractivity (Wildman–Crippen MR) is 341 cm³/mol. The molecule has 34 nitrogen and oxygen atoms in total. The van der Waals surface area contributed by atoms with Crippen LogP contribution in [0.5, 0.6) is 5.75 Å². The van der Waals surface area contributed by atoms with E-state index in [1.54, 1.807) is 75.0 Å². The third-order valence-corrected chi connectivity index (χ3v) is 13.1. The van der Waals surface area contributed by atoms with Gasteiger partial charge in [-0.15, -0.1) is 0 Å². The first-order valence-electron chi connectivity index (χ1n) is 30.2. The minimum Gasteiger partial charge on any atom is -0.491 e. The number of ether oxygens (including phenoxy) is 9. The number of nitrogens with zero attached hydrogens (tertiary/aromatic N) is 8. The van der Waals surface area contributed by atoms with Crippen molar-refractivity contribution >= 4 is 81.8 Å². The first-order chi connectivity index (χ1) is 45.4. The second-order valence-electron chi connectivity index (χ2n) is 20.7. The lowest BCUT2D eigenvalue weighted by molar-refractivity contribution is -0.121. The number of carbonyl (C=O) groups is 8. The summed E-state index contributed by atoms with van der Waals surface area (Å²) in [6.07, 6.45) is 8.62. The van der Waals surface area contributed by atoms with Crippen molar-refractivity contribution in [2.45, 2.75) is 25.7 Å². The number of carbonyl (C=O) groups excluding carboxylic acids is 8. The molecule has 8 amide bonds. The lowest BCUT2D eigenvalue weighted by Gasteiger charge is -2.09. The van der Waals surface area contributed by atoms with Gasteiger partial charge in [-0.05, 0) is 30.3 Å². The number of imidazole rings is 3. The van der Waals surface area contributed by atoms with Crippen LogP contribution < -0.4 is 53.0 Å². The Bertz CT molecular complexity index is 3370. The van der Waals surface area contributed by atoms with Crippen molar-refractivity contribution in [3.05, 3.63) is 96.7 Å². The van der Waals surface area contributed by atoms with Crippen molar-refractivity contribution in [2.24, 2.45) is 35.2 Å². The van der Waals surface area contributed by atoms with Crippen LogP contribution in [0.15, 0.2) is 73.6 Å². The van der Waals surface area contributed by atoms with Gasteiger partial charge in [0.15, 0.2) is 17.5 Å². The summed E-state index contributed by atoms with van der Waals surface area (Å²) in [6, 6.07) is 10.2. The van der Waals surface area contributed by atoms with Gasteiger partial charge in [0, 0.05) is 129 Å². The number of amides is 8. The van der Waals surface area contributed by atoms with E-state index in [-0.39, 0.29) is 98.3 Å². The molecule has 94 heavy (non-hydrogen) atoms. The molecule has 5 aromatic heterocycles. The maximum atomic E-state index is 13.3. The molecule has 0 aliphatic rings. The van der Waals surface area contributed by atoms with Crippen molar-refractivity contribution in [1.82, 2.24) is 53.7 Å². The highest BCUT2D eigenvalue weighted by molar-refractivity contribution is 6.04. The van der Waals surface area contributed by atoms with Crippen molar-refractivity contribution in [1.29, 1.82) is 0 Å². The molecule has 5 heterocycles. The topological polar surface area (TPSA) is 405 Å². The van der Waals surface area contributed by atoms with Gasteiger partial charge in [-0.1, -0.05) is 0 Å². The van der Waals surface area contributed by atoms with Crippen LogP contribution in [0.3, 0.4) is 0 Å². The van der Waals surface area contributed by atoms with Crippen LogP contribution in [0.1, 0.15) is 68.0 Å². The van der Waals surface area contributed by atoms with E-state index in [0.29, 0.717) is 123 Å². The molecular formula is C60H85N17O17. The molecule has 0 aliphatic heterocycles. The molecule has 10 N–H and O–H groups in total. The van der Waals surface area contributed by atoms with Gasteiger partial charge in [0.1, 0.15) is 23.9 Å². The SMILES string of the molecule is Cn1cc(NC(=O)c2nccn2C)cc1NC(=O)CCC(=O)Nc1cn(C)c(C(=O)Nc2cc(C(=O)NCCC(=O)Nc3cn(C)c(C(=O)NCCC(=O)NCCOCCOCCOCCOCCOCCOCCOCCOCCOc4ccc(N)cc4)n3)n(C)c2)n1. The molecule has 0 spiro atoms. The normalized spacial score (nSPS) is 11.1. The van der Waals surface area contributed by atoms with E-state index in [1.165, 1.54) is 44.6 Å². The summed E-state index contributed by atoms with van der Waals surface area (Å²) in [5.74, 6) is -2.50. The van der Waals surface area contributed by atoms with E-state index in [1.807, 2.05) is 12.1 Å². The van der Waals surface area contributed by atoms with E-state index in [4.69, 9.17) is 48.4 Å². The summed E-state index contributed by atoms with van der Waals surface area (Å²) in [4.78, 5) is 115. The van der Waals surface area contributed by atoms with Crippen molar-refractivity contribution in [3.8, 4) is 5.75 Å². The Hall–Kier alpha value is -9.55. The maximum Gasteiger partial charge on any atom is 0.291 e. The van der Waals surface area contributed by atoms with Crippen molar-refractivity contribution < 1.29 is 81.0 Å². The van der Waals surface area contributed by atoms with Crippen LogP contribution in [-0.2, 0) is 92.3 Å². The Morgan fingerprint density at radius 1 is 0.404 bits per heavy atom. The summed E-state index contributed by atoms with van der Waals surface area (Å²) < 4.78 is 57.0. The minimum absolute atomic E-state index is 0.00313.